The van der Waals surface area contributed by atoms with Crippen LogP contribution in [0.15, 0.2) is 102 Å². The van der Waals surface area contributed by atoms with Gasteiger partial charge in [-0.05, 0) is 65.2 Å². The Kier molecular flexibility index (Phi) is 7.54. The lowest BCUT2D eigenvalue weighted by molar-refractivity contribution is -0.145. The minimum Gasteiger partial charge on any atom is -0.358 e. The van der Waals surface area contributed by atoms with Crippen LogP contribution in [-0.2, 0) is 25.8 Å². The number of anilines is 1. The molecule has 1 saturated heterocycles. The molecule has 0 N–H and O–H groups in total. The molecule has 9 heteroatoms. The van der Waals surface area contributed by atoms with Crippen molar-refractivity contribution in [3.63, 3.8) is 0 Å². The number of ether oxygens (including phenoxy) is 1. The number of pyridine rings is 1. The SMILES string of the molecule is CS(=O)(=O)c1ccc(C[C@H]2O[C@H](c3ccc(Cl)cc3)C(c3ccc(Cl)cc3)N(c3cccnc3)C2=O)cc1. The van der Waals surface area contributed by atoms with Crippen molar-refractivity contribution in [2.24, 2.45) is 0 Å². The van der Waals surface area contributed by atoms with Crippen molar-refractivity contribution >= 4 is 44.6 Å². The molecule has 0 aliphatic carbocycles. The number of hydrogen-bond donors (Lipinski definition) is 0. The number of rotatable bonds is 6. The summed E-state index contributed by atoms with van der Waals surface area (Å²) in [5.41, 5.74) is 3.12. The second kappa shape index (κ2) is 10.9. The summed E-state index contributed by atoms with van der Waals surface area (Å²) in [6, 6.07) is 24.4. The van der Waals surface area contributed by atoms with Crippen LogP contribution in [-0.4, -0.2) is 31.7 Å². The van der Waals surface area contributed by atoms with Gasteiger partial charge in [0.2, 0.25) is 0 Å². The van der Waals surface area contributed by atoms with Crippen LogP contribution >= 0.6 is 23.2 Å². The van der Waals surface area contributed by atoms with E-state index in [2.05, 4.69) is 4.98 Å². The summed E-state index contributed by atoms with van der Waals surface area (Å²) >= 11 is 12.4. The number of benzene rings is 3. The maximum absolute atomic E-state index is 14.1. The molecule has 1 amide bonds. The molecule has 0 saturated carbocycles. The van der Waals surface area contributed by atoms with E-state index >= 15 is 0 Å². The van der Waals surface area contributed by atoms with E-state index in [0.717, 1.165) is 22.9 Å². The van der Waals surface area contributed by atoms with Crippen LogP contribution < -0.4 is 4.90 Å². The first-order valence-electron chi connectivity index (χ1n) is 11.9. The quantitative estimate of drug-likeness (QED) is 0.275. The van der Waals surface area contributed by atoms with Crippen LogP contribution in [0.25, 0.3) is 0 Å². The van der Waals surface area contributed by atoms with E-state index in [4.69, 9.17) is 27.9 Å². The first-order chi connectivity index (χ1) is 18.2. The molecule has 1 fully saturated rings. The Morgan fingerprint density at radius 1 is 0.868 bits per heavy atom. The zero-order valence-corrected chi connectivity index (χ0v) is 22.7. The molecule has 0 bridgehead atoms. The Morgan fingerprint density at radius 2 is 1.47 bits per heavy atom. The van der Waals surface area contributed by atoms with Crippen molar-refractivity contribution in [3.05, 3.63) is 124 Å². The monoisotopic (exact) mass is 566 g/mol. The van der Waals surface area contributed by atoms with Gasteiger partial charge < -0.3 is 4.74 Å². The fourth-order valence-corrected chi connectivity index (χ4v) is 5.52. The minimum atomic E-state index is -3.33. The zero-order valence-electron chi connectivity index (χ0n) is 20.4. The van der Waals surface area contributed by atoms with Crippen molar-refractivity contribution in [1.82, 2.24) is 4.98 Å². The van der Waals surface area contributed by atoms with E-state index in [1.165, 1.54) is 0 Å². The van der Waals surface area contributed by atoms with Crippen molar-refractivity contribution < 1.29 is 17.9 Å². The van der Waals surface area contributed by atoms with Crippen LogP contribution in [0.2, 0.25) is 10.0 Å². The minimum absolute atomic E-state index is 0.218. The second-order valence-corrected chi connectivity index (χ2v) is 12.0. The Hall–Kier alpha value is -3.23. The molecular formula is C29H24Cl2N2O4S. The van der Waals surface area contributed by atoms with Gasteiger partial charge in [0, 0.05) is 28.9 Å². The number of morpholine rings is 1. The highest BCUT2D eigenvalue weighted by molar-refractivity contribution is 7.90. The van der Waals surface area contributed by atoms with Crippen molar-refractivity contribution in [1.29, 1.82) is 0 Å². The Balaban J connectivity index is 1.59. The van der Waals surface area contributed by atoms with E-state index < -0.39 is 28.1 Å². The van der Waals surface area contributed by atoms with Crippen molar-refractivity contribution in [3.8, 4) is 0 Å². The highest BCUT2D eigenvalue weighted by Gasteiger charge is 2.45. The van der Waals surface area contributed by atoms with Crippen LogP contribution in [0.4, 0.5) is 5.69 Å². The van der Waals surface area contributed by atoms with Gasteiger partial charge in [-0.1, -0.05) is 59.6 Å². The topological polar surface area (TPSA) is 76.6 Å². The third kappa shape index (κ3) is 5.61. The Morgan fingerprint density at radius 3 is 2.03 bits per heavy atom. The molecule has 3 atom stereocenters. The Bertz CT molecular complexity index is 1530. The van der Waals surface area contributed by atoms with Crippen LogP contribution in [0, 0.1) is 0 Å². The van der Waals surface area contributed by atoms with Gasteiger partial charge in [-0.3, -0.25) is 14.7 Å². The average Bonchev–Trinajstić information content (AvgIpc) is 2.91. The molecule has 194 valence electrons. The number of sulfone groups is 1. The lowest BCUT2D eigenvalue weighted by atomic mass is 9.90. The molecule has 1 aliphatic rings. The summed E-state index contributed by atoms with van der Waals surface area (Å²) in [7, 11) is -3.33. The molecule has 0 radical (unpaired) electrons. The summed E-state index contributed by atoms with van der Waals surface area (Å²) < 4.78 is 30.4. The number of amides is 1. The standard InChI is InChI=1S/C29H24Cl2N2O4S/c1-38(35,36)25-14-4-19(5-15-25)17-26-29(34)33(24-3-2-16-32-18-24)27(20-6-10-22(30)11-7-20)28(37-26)21-8-12-23(31)13-9-21/h2-16,18,26-28H,17H2,1H3/t26-,27?,28-/m1/s1. The van der Waals surface area contributed by atoms with Gasteiger partial charge >= 0.3 is 0 Å². The van der Waals surface area contributed by atoms with Gasteiger partial charge in [-0.2, -0.15) is 0 Å². The first-order valence-corrected chi connectivity index (χ1v) is 14.5. The van der Waals surface area contributed by atoms with Crippen molar-refractivity contribution in [2.75, 3.05) is 11.2 Å². The average molecular weight is 567 g/mol. The van der Waals surface area contributed by atoms with Gasteiger partial charge in [0.15, 0.2) is 9.84 Å². The Labute approximate surface area is 231 Å². The maximum Gasteiger partial charge on any atom is 0.257 e. The number of halogens is 2. The molecule has 3 aromatic carbocycles. The highest BCUT2D eigenvalue weighted by Crippen LogP contribution is 2.45. The third-order valence-corrected chi connectivity index (χ3v) is 8.13. The van der Waals surface area contributed by atoms with Gasteiger partial charge in [0.25, 0.3) is 5.91 Å². The lowest BCUT2D eigenvalue weighted by Gasteiger charge is -2.44. The van der Waals surface area contributed by atoms with Crippen LogP contribution in [0.1, 0.15) is 28.8 Å². The number of carbonyl (C=O) groups excluding carboxylic acids is 1. The van der Waals surface area contributed by atoms with E-state index in [1.54, 1.807) is 71.9 Å². The molecule has 5 rings (SSSR count). The molecule has 38 heavy (non-hydrogen) atoms. The molecule has 1 aromatic heterocycles. The van der Waals surface area contributed by atoms with Crippen molar-refractivity contribution in [2.45, 2.75) is 29.6 Å². The lowest BCUT2D eigenvalue weighted by Crippen LogP contribution is -2.51. The normalized spacial score (nSPS) is 19.9. The van der Waals surface area contributed by atoms with Gasteiger partial charge in [0.05, 0.1) is 22.8 Å². The van der Waals surface area contributed by atoms with Crippen LogP contribution in [0.5, 0.6) is 0 Å². The summed E-state index contributed by atoms with van der Waals surface area (Å²) in [4.78, 5) is 20.3. The first kappa shape index (κ1) is 26.4. The van der Waals surface area contributed by atoms with Gasteiger partial charge in [-0.15, -0.1) is 0 Å². The van der Waals surface area contributed by atoms with E-state index in [0.29, 0.717) is 15.7 Å². The molecule has 1 unspecified atom stereocenters. The third-order valence-electron chi connectivity index (χ3n) is 6.50. The predicted molar refractivity (Wildman–Crippen MR) is 148 cm³/mol. The molecule has 6 nitrogen and oxygen atoms in total. The van der Waals surface area contributed by atoms with Gasteiger partial charge in [0.1, 0.15) is 12.2 Å². The number of carbonyl (C=O) groups is 1. The zero-order chi connectivity index (χ0) is 26.9. The number of hydrogen-bond acceptors (Lipinski definition) is 5. The summed E-state index contributed by atoms with van der Waals surface area (Å²) in [6.45, 7) is 0. The number of aromatic nitrogens is 1. The molecular weight excluding hydrogens is 543 g/mol. The second-order valence-electron chi connectivity index (χ2n) is 9.13. The molecule has 0 spiro atoms. The van der Waals surface area contributed by atoms with E-state index in [-0.39, 0.29) is 17.2 Å². The fraction of sp³-hybridized carbons (Fsp3) is 0.172. The summed E-state index contributed by atoms with van der Waals surface area (Å²) in [5, 5.41) is 1.18. The molecule has 4 aromatic rings. The fourth-order valence-electron chi connectivity index (χ4n) is 4.64. The summed E-state index contributed by atoms with van der Waals surface area (Å²) in [5.74, 6) is -0.227. The van der Waals surface area contributed by atoms with Gasteiger partial charge in [-0.25, -0.2) is 8.42 Å². The molecule has 1 aliphatic heterocycles. The van der Waals surface area contributed by atoms with Crippen LogP contribution in [0.3, 0.4) is 0 Å². The van der Waals surface area contributed by atoms with E-state index in [1.807, 2.05) is 30.3 Å². The summed E-state index contributed by atoms with van der Waals surface area (Å²) in [6.07, 6.45) is 3.37. The van der Waals surface area contributed by atoms with E-state index in [9.17, 15) is 13.2 Å². The molecule has 2 heterocycles. The smallest absolute Gasteiger partial charge is 0.257 e. The maximum atomic E-state index is 14.1. The largest absolute Gasteiger partial charge is 0.358 e. The predicted octanol–water partition coefficient (Wildman–Crippen LogP) is 6.25. The highest BCUT2D eigenvalue weighted by atomic mass is 35.5. The number of nitrogens with zero attached hydrogens (tertiary/aromatic N) is 2.